The van der Waals surface area contributed by atoms with E-state index in [1.807, 2.05) is 18.7 Å². The van der Waals surface area contributed by atoms with E-state index in [0.29, 0.717) is 11.5 Å². The highest BCUT2D eigenvalue weighted by Gasteiger charge is 2.34. The average Bonchev–Trinajstić information content (AvgIpc) is 3.08. The van der Waals surface area contributed by atoms with Gasteiger partial charge in [0.1, 0.15) is 6.04 Å². The standard InChI is InChI=1S/C15H25N5O2/c1-10(2)14(15(21)19-6-4-5-11(19)3)20(17)8-12(16)13-7-18-9-22-13/h7-11,14H,4-6,16-17H2,1-3H3/b12-8-. The quantitative estimate of drug-likeness (QED) is 0.625. The second-order valence-corrected chi connectivity index (χ2v) is 6.11. The number of aromatic nitrogens is 1. The van der Waals surface area contributed by atoms with Gasteiger partial charge in [-0.2, -0.15) is 0 Å². The van der Waals surface area contributed by atoms with Crippen molar-refractivity contribution in [3.8, 4) is 0 Å². The third-order valence-corrected chi connectivity index (χ3v) is 4.05. The number of nitrogens with two attached hydrogens (primary N) is 2. The van der Waals surface area contributed by atoms with Crippen LogP contribution in [0.3, 0.4) is 0 Å². The summed E-state index contributed by atoms with van der Waals surface area (Å²) >= 11 is 0. The Hall–Kier alpha value is -2.02. The fourth-order valence-electron chi connectivity index (χ4n) is 2.85. The van der Waals surface area contributed by atoms with Gasteiger partial charge in [0, 0.05) is 18.8 Å². The molecular weight excluding hydrogens is 282 g/mol. The van der Waals surface area contributed by atoms with Gasteiger partial charge in [-0.25, -0.2) is 10.8 Å². The largest absolute Gasteiger partial charge is 0.442 e. The molecule has 1 aromatic heterocycles. The first-order chi connectivity index (χ1) is 10.4. The van der Waals surface area contributed by atoms with Crippen molar-refractivity contribution in [2.24, 2.45) is 17.5 Å². The number of hydrazine groups is 1. The number of hydrogen-bond acceptors (Lipinski definition) is 6. The molecule has 0 spiro atoms. The normalized spacial score (nSPS) is 20.5. The highest BCUT2D eigenvalue weighted by molar-refractivity contribution is 5.83. The summed E-state index contributed by atoms with van der Waals surface area (Å²) in [6.45, 7) is 6.81. The van der Waals surface area contributed by atoms with Crippen LogP contribution in [0.5, 0.6) is 0 Å². The van der Waals surface area contributed by atoms with Gasteiger partial charge < -0.3 is 20.1 Å². The van der Waals surface area contributed by atoms with E-state index >= 15 is 0 Å². The molecule has 7 heteroatoms. The van der Waals surface area contributed by atoms with E-state index in [9.17, 15) is 4.79 Å². The molecule has 22 heavy (non-hydrogen) atoms. The lowest BCUT2D eigenvalue weighted by Gasteiger charge is -2.33. The third-order valence-electron chi connectivity index (χ3n) is 4.05. The zero-order chi connectivity index (χ0) is 16.3. The van der Waals surface area contributed by atoms with E-state index in [1.165, 1.54) is 23.8 Å². The van der Waals surface area contributed by atoms with Gasteiger partial charge in [-0.05, 0) is 25.7 Å². The minimum absolute atomic E-state index is 0.0455. The third kappa shape index (κ3) is 3.41. The lowest BCUT2D eigenvalue weighted by molar-refractivity contribution is -0.138. The van der Waals surface area contributed by atoms with Crippen LogP contribution in [-0.4, -0.2) is 39.4 Å². The first kappa shape index (κ1) is 16.4. The maximum absolute atomic E-state index is 12.8. The zero-order valence-electron chi connectivity index (χ0n) is 13.4. The SMILES string of the molecule is CC(C)C(C(=O)N1CCCC1C)N(N)/C=C(\N)c1cnco1. The van der Waals surface area contributed by atoms with Crippen LogP contribution in [0.15, 0.2) is 23.2 Å². The maximum atomic E-state index is 12.8. The second-order valence-electron chi connectivity index (χ2n) is 6.11. The summed E-state index contributed by atoms with van der Waals surface area (Å²) < 4.78 is 5.13. The Labute approximate surface area is 130 Å². The fraction of sp³-hybridized carbons (Fsp3) is 0.600. The van der Waals surface area contributed by atoms with Crippen molar-refractivity contribution in [2.75, 3.05) is 6.54 Å². The topological polar surface area (TPSA) is 102 Å². The van der Waals surface area contributed by atoms with Crippen molar-refractivity contribution in [3.63, 3.8) is 0 Å². The minimum atomic E-state index is -0.456. The van der Waals surface area contributed by atoms with Gasteiger partial charge in [0.15, 0.2) is 12.2 Å². The Kier molecular flexibility index (Phi) is 5.07. The number of nitrogens with zero attached hydrogens (tertiary/aromatic N) is 3. The molecular formula is C15H25N5O2. The van der Waals surface area contributed by atoms with Crippen LogP contribution in [0.1, 0.15) is 39.4 Å². The number of amides is 1. The summed E-state index contributed by atoms with van der Waals surface area (Å²) in [7, 11) is 0. The predicted molar refractivity (Wildman–Crippen MR) is 83.7 cm³/mol. The van der Waals surface area contributed by atoms with Crippen molar-refractivity contribution < 1.29 is 9.21 Å². The van der Waals surface area contributed by atoms with Gasteiger partial charge in [-0.1, -0.05) is 13.8 Å². The van der Waals surface area contributed by atoms with Crippen LogP contribution in [0.25, 0.3) is 5.70 Å². The van der Waals surface area contributed by atoms with Crippen LogP contribution in [0.2, 0.25) is 0 Å². The van der Waals surface area contributed by atoms with Gasteiger partial charge in [0.2, 0.25) is 5.91 Å². The molecule has 2 atom stereocenters. The Bertz CT molecular complexity index is 526. The summed E-state index contributed by atoms with van der Waals surface area (Å²) in [5, 5.41) is 1.38. The molecule has 7 nitrogen and oxygen atoms in total. The smallest absolute Gasteiger partial charge is 0.247 e. The van der Waals surface area contributed by atoms with Crippen LogP contribution in [-0.2, 0) is 4.79 Å². The van der Waals surface area contributed by atoms with Crippen LogP contribution in [0, 0.1) is 5.92 Å². The number of oxazole rings is 1. The number of likely N-dealkylation sites (tertiary alicyclic amines) is 1. The molecule has 0 radical (unpaired) electrons. The van der Waals surface area contributed by atoms with Crippen LogP contribution < -0.4 is 11.6 Å². The van der Waals surface area contributed by atoms with Crippen molar-refractivity contribution >= 4 is 11.6 Å². The minimum Gasteiger partial charge on any atom is -0.442 e. The highest BCUT2D eigenvalue weighted by Crippen LogP contribution is 2.22. The average molecular weight is 307 g/mol. The van der Waals surface area contributed by atoms with Gasteiger partial charge in [0.25, 0.3) is 0 Å². The van der Waals surface area contributed by atoms with Crippen molar-refractivity contribution in [2.45, 2.75) is 45.7 Å². The van der Waals surface area contributed by atoms with E-state index in [2.05, 4.69) is 11.9 Å². The molecule has 0 aliphatic carbocycles. The van der Waals surface area contributed by atoms with Gasteiger partial charge >= 0.3 is 0 Å². The fourth-order valence-corrected chi connectivity index (χ4v) is 2.85. The number of rotatable bonds is 5. The molecule has 2 unspecified atom stereocenters. The Morgan fingerprint density at radius 3 is 2.82 bits per heavy atom. The Balaban J connectivity index is 2.16. The molecule has 122 valence electrons. The Morgan fingerprint density at radius 1 is 1.59 bits per heavy atom. The molecule has 2 heterocycles. The second kappa shape index (κ2) is 6.83. The first-order valence-electron chi connectivity index (χ1n) is 7.61. The molecule has 1 fully saturated rings. The van der Waals surface area contributed by atoms with E-state index in [1.54, 1.807) is 0 Å². The van der Waals surface area contributed by atoms with Gasteiger partial charge in [-0.3, -0.25) is 4.79 Å². The molecule has 0 saturated carbocycles. The summed E-state index contributed by atoms with van der Waals surface area (Å²) in [5.74, 6) is 6.64. The van der Waals surface area contributed by atoms with Crippen molar-refractivity contribution in [3.05, 3.63) is 24.6 Å². The molecule has 0 bridgehead atoms. The molecule has 2 rings (SSSR count). The molecule has 4 N–H and O–H groups in total. The molecule has 1 amide bonds. The number of carbonyl (C=O) groups excluding carboxylic acids is 1. The molecule has 1 aromatic rings. The highest BCUT2D eigenvalue weighted by atomic mass is 16.3. The zero-order valence-corrected chi connectivity index (χ0v) is 13.4. The van der Waals surface area contributed by atoms with E-state index in [0.717, 1.165) is 19.4 Å². The first-order valence-corrected chi connectivity index (χ1v) is 7.61. The predicted octanol–water partition coefficient (Wildman–Crippen LogP) is 1.14. The van der Waals surface area contributed by atoms with Crippen LogP contribution >= 0.6 is 0 Å². The lowest BCUT2D eigenvalue weighted by Crippen LogP contribution is -2.53. The monoisotopic (exact) mass is 307 g/mol. The summed E-state index contributed by atoms with van der Waals surface area (Å²) in [4.78, 5) is 18.5. The summed E-state index contributed by atoms with van der Waals surface area (Å²) in [6, 6.07) is -0.195. The number of hydrogen-bond donors (Lipinski definition) is 2. The van der Waals surface area contributed by atoms with Gasteiger partial charge in [0.05, 0.1) is 11.9 Å². The van der Waals surface area contributed by atoms with Crippen molar-refractivity contribution in [1.82, 2.24) is 14.9 Å². The Morgan fingerprint density at radius 2 is 2.32 bits per heavy atom. The number of carbonyl (C=O) groups is 1. The molecule has 1 saturated heterocycles. The molecule has 1 aliphatic rings. The van der Waals surface area contributed by atoms with E-state index < -0.39 is 6.04 Å². The van der Waals surface area contributed by atoms with E-state index in [4.69, 9.17) is 16.0 Å². The molecule has 0 aromatic carbocycles. The van der Waals surface area contributed by atoms with Gasteiger partial charge in [-0.15, -0.1) is 0 Å². The maximum Gasteiger partial charge on any atom is 0.247 e. The molecule has 1 aliphatic heterocycles. The van der Waals surface area contributed by atoms with E-state index in [-0.39, 0.29) is 17.9 Å². The summed E-state index contributed by atoms with van der Waals surface area (Å²) in [6.07, 6.45) is 6.42. The van der Waals surface area contributed by atoms with Crippen LogP contribution in [0.4, 0.5) is 0 Å². The lowest BCUT2D eigenvalue weighted by atomic mass is 10.0. The van der Waals surface area contributed by atoms with Crippen molar-refractivity contribution in [1.29, 1.82) is 0 Å². The summed E-state index contributed by atoms with van der Waals surface area (Å²) in [5.41, 5.74) is 6.28.